The van der Waals surface area contributed by atoms with Gasteiger partial charge in [0.05, 0.1) is 11.4 Å². The Kier molecular flexibility index (Phi) is 6.59. The van der Waals surface area contributed by atoms with Crippen LogP contribution in [0.25, 0.3) is 76.3 Å². The molecule has 0 atom stereocenters. The van der Waals surface area contributed by atoms with Gasteiger partial charge in [-0.3, -0.25) is 0 Å². The van der Waals surface area contributed by atoms with Crippen molar-refractivity contribution in [1.29, 1.82) is 0 Å². The van der Waals surface area contributed by atoms with Crippen molar-refractivity contribution < 1.29 is 0 Å². The zero-order chi connectivity index (χ0) is 29.5. The van der Waals surface area contributed by atoms with Crippen LogP contribution in [0.15, 0.2) is 152 Å². The molecule has 0 N–H and O–H groups in total. The number of aromatic nitrogens is 2. The Hall–Kier alpha value is -5.38. The van der Waals surface area contributed by atoms with Crippen molar-refractivity contribution in [3.63, 3.8) is 0 Å². The van der Waals surface area contributed by atoms with E-state index in [0.717, 1.165) is 33.9 Å². The van der Waals surface area contributed by atoms with Crippen molar-refractivity contribution in [2.24, 2.45) is 0 Å². The summed E-state index contributed by atoms with van der Waals surface area (Å²) < 4.78 is 2.65. The topological polar surface area (TPSA) is 25.8 Å². The molecule has 2 heterocycles. The fourth-order valence-corrected chi connectivity index (χ4v) is 7.02. The first kappa shape index (κ1) is 26.3. The first-order valence-electron chi connectivity index (χ1n) is 14.8. The van der Waals surface area contributed by atoms with Gasteiger partial charge in [-0.15, -0.1) is 11.3 Å². The molecule has 0 saturated carbocycles. The highest BCUT2D eigenvalue weighted by molar-refractivity contribution is 7.25. The van der Waals surface area contributed by atoms with E-state index in [-0.39, 0.29) is 0 Å². The minimum atomic E-state index is 0.724. The molecule has 208 valence electrons. The summed E-state index contributed by atoms with van der Waals surface area (Å²) in [4.78, 5) is 10.0. The maximum absolute atomic E-state index is 5.07. The molecule has 0 aliphatic heterocycles. The highest BCUT2D eigenvalue weighted by Gasteiger charge is 2.13. The van der Waals surface area contributed by atoms with Gasteiger partial charge in [-0.25, -0.2) is 9.97 Å². The highest BCUT2D eigenvalue weighted by atomic mass is 32.1. The van der Waals surface area contributed by atoms with Crippen LogP contribution in [-0.2, 0) is 0 Å². The predicted molar refractivity (Wildman–Crippen MR) is 187 cm³/mol. The maximum atomic E-state index is 5.07. The van der Waals surface area contributed by atoms with Gasteiger partial charge in [-0.1, -0.05) is 115 Å². The van der Waals surface area contributed by atoms with E-state index in [9.17, 15) is 0 Å². The average Bonchev–Trinajstić information content (AvgIpc) is 3.47. The molecule has 3 heteroatoms. The second-order valence-corrected chi connectivity index (χ2v) is 12.2. The van der Waals surface area contributed by atoms with Crippen LogP contribution in [0.3, 0.4) is 0 Å². The predicted octanol–water partition coefficient (Wildman–Crippen LogP) is 11.5. The van der Waals surface area contributed by atoms with Gasteiger partial charge in [0.15, 0.2) is 5.82 Å². The third-order valence-electron chi connectivity index (χ3n) is 8.24. The van der Waals surface area contributed by atoms with Crippen LogP contribution in [0, 0.1) is 6.92 Å². The van der Waals surface area contributed by atoms with E-state index in [1.54, 1.807) is 0 Å². The molecule has 0 bridgehead atoms. The molecular formula is C41H28N2S. The molecule has 2 nitrogen and oxygen atoms in total. The van der Waals surface area contributed by atoms with Gasteiger partial charge >= 0.3 is 0 Å². The van der Waals surface area contributed by atoms with Crippen LogP contribution >= 0.6 is 11.3 Å². The van der Waals surface area contributed by atoms with Crippen molar-refractivity contribution in [3.05, 3.63) is 157 Å². The molecule has 0 saturated heterocycles. The summed E-state index contributed by atoms with van der Waals surface area (Å²) in [5.74, 6) is 0.724. The summed E-state index contributed by atoms with van der Waals surface area (Å²) in [6.07, 6.45) is 0. The van der Waals surface area contributed by atoms with Crippen LogP contribution in [0.2, 0.25) is 0 Å². The van der Waals surface area contributed by atoms with Crippen molar-refractivity contribution in [1.82, 2.24) is 9.97 Å². The number of thiophene rings is 1. The van der Waals surface area contributed by atoms with Gasteiger partial charge in [-0.05, 0) is 71.1 Å². The van der Waals surface area contributed by atoms with E-state index >= 15 is 0 Å². The summed E-state index contributed by atoms with van der Waals surface area (Å²) in [5, 5.41) is 2.64. The van der Waals surface area contributed by atoms with Gasteiger partial charge < -0.3 is 0 Å². The molecule has 0 aliphatic carbocycles. The van der Waals surface area contributed by atoms with Crippen molar-refractivity contribution in [3.8, 4) is 56.2 Å². The molecule has 0 spiro atoms. The third-order valence-corrected chi connectivity index (χ3v) is 9.40. The second kappa shape index (κ2) is 11.0. The number of hydrogen-bond acceptors (Lipinski definition) is 3. The number of benzene rings is 6. The summed E-state index contributed by atoms with van der Waals surface area (Å²) in [5.41, 5.74) is 11.0. The van der Waals surface area contributed by atoms with E-state index < -0.39 is 0 Å². The largest absolute Gasteiger partial charge is 0.228 e. The van der Waals surface area contributed by atoms with E-state index in [1.165, 1.54) is 48.0 Å². The monoisotopic (exact) mass is 580 g/mol. The van der Waals surface area contributed by atoms with Crippen molar-refractivity contribution in [2.45, 2.75) is 6.92 Å². The normalized spacial score (nSPS) is 11.3. The summed E-state index contributed by atoms with van der Waals surface area (Å²) in [6.45, 7) is 2.18. The summed E-state index contributed by atoms with van der Waals surface area (Å²) in [7, 11) is 0. The summed E-state index contributed by atoms with van der Waals surface area (Å²) in [6, 6.07) is 53.7. The molecule has 0 fully saturated rings. The molecule has 6 aromatic carbocycles. The number of aryl methyl sites for hydroxylation is 1. The van der Waals surface area contributed by atoms with Crippen molar-refractivity contribution >= 4 is 31.5 Å². The lowest BCUT2D eigenvalue weighted by Crippen LogP contribution is -1.96. The average molecular weight is 581 g/mol. The fourth-order valence-electron chi connectivity index (χ4n) is 5.93. The number of nitrogens with zero attached hydrogens (tertiary/aromatic N) is 2. The van der Waals surface area contributed by atoms with Gasteiger partial charge in [0.25, 0.3) is 0 Å². The van der Waals surface area contributed by atoms with E-state index in [4.69, 9.17) is 9.97 Å². The quantitative estimate of drug-likeness (QED) is 0.202. The number of fused-ring (bicyclic) bond motifs is 3. The Bertz CT molecular complexity index is 2230. The van der Waals surface area contributed by atoms with E-state index in [1.807, 2.05) is 35.6 Å². The first-order chi connectivity index (χ1) is 21.7. The standard InChI is InChI=1S/C41H28N2S/c1-27-19-20-33(38-26-37(28-11-4-2-5-12-28)42-41(43-38)29-13-6-3-7-14-29)25-35(27)32-16-10-15-30(23-32)31-21-22-40-36(24-31)34-17-8-9-18-39(34)44-40/h2-26H,1H3. The Labute approximate surface area is 261 Å². The molecule has 0 unspecified atom stereocenters. The van der Waals surface area contributed by atoms with Crippen molar-refractivity contribution in [2.75, 3.05) is 0 Å². The Morgan fingerprint density at radius 2 is 1.02 bits per heavy atom. The second-order valence-electron chi connectivity index (χ2n) is 11.1. The van der Waals surface area contributed by atoms with Gasteiger partial charge in [0, 0.05) is 36.9 Å². The molecule has 8 rings (SSSR count). The third kappa shape index (κ3) is 4.88. The highest BCUT2D eigenvalue weighted by Crippen LogP contribution is 2.38. The zero-order valence-electron chi connectivity index (χ0n) is 24.2. The molecule has 0 radical (unpaired) electrons. The SMILES string of the molecule is Cc1ccc(-c2cc(-c3ccccc3)nc(-c3ccccc3)n2)cc1-c1cccc(-c2ccc3sc4ccccc4c3c2)c1. The Morgan fingerprint density at radius 1 is 0.409 bits per heavy atom. The van der Waals surface area contributed by atoms with Crippen LogP contribution in [0.5, 0.6) is 0 Å². The van der Waals surface area contributed by atoms with Crippen LogP contribution < -0.4 is 0 Å². The lowest BCUT2D eigenvalue weighted by Gasteiger charge is -2.13. The smallest absolute Gasteiger partial charge is 0.160 e. The lowest BCUT2D eigenvalue weighted by atomic mass is 9.93. The maximum Gasteiger partial charge on any atom is 0.160 e. The van der Waals surface area contributed by atoms with Crippen LogP contribution in [0.4, 0.5) is 0 Å². The van der Waals surface area contributed by atoms with Gasteiger partial charge in [-0.2, -0.15) is 0 Å². The van der Waals surface area contributed by atoms with E-state index in [2.05, 4.69) is 134 Å². The molecule has 44 heavy (non-hydrogen) atoms. The van der Waals surface area contributed by atoms with Crippen LogP contribution in [-0.4, -0.2) is 9.97 Å². The minimum Gasteiger partial charge on any atom is -0.228 e. The van der Waals surface area contributed by atoms with Crippen LogP contribution in [0.1, 0.15) is 5.56 Å². The Balaban J connectivity index is 1.22. The lowest BCUT2D eigenvalue weighted by molar-refractivity contribution is 1.18. The fraction of sp³-hybridized carbons (Fsp3) is 0.0244. The summed E-state index contributed by atoms with van der Waals surface area (Å²) >= 11 is 1.86. The Morgan fingerprint density at radius 3 is 1.84 bits per heavy atom. The van der Waals surface area contributed by atoms with Gasteiger partial charge in [0.1, 0.15) is 0 Å². The molecule has 0 amide bonds. The molecule has 0 aliphatic rings. The molecule has 8 aromatic rings. The zero-order valence-corrected chi connectivity index (χ0v) is 25.1. The minimum absolute atomic E-state index is 0.724. The molecular weight excluding hydrogens is 553 g/mol. The molecule has 2 aromatic heterocycles. The number of hydrogen-bond donors (Lipinski definition) is 0. The van der Waals surface area contributed by atoms with Gasteiger partial charge in [0.2, 0.25) is 0 Å². The first-order valence-corrected chi connectivity index (χ1v) is 15.6. The number of rotatable bonds is 5. The van der Waals surface area contributed by atoms with E-state index in [0.29, 0.717) is 0 Å².